The lowest BCUT2D eigenvalue weighted by Crippen LogP contribution is -2.50. The summed E-state index contributed by atoms with van der Waals surface area (Å²) in [4.78, 5) is 21.5. The molecule has 2 unspecified atom stereocenters. The Kier molecular flexibility index (Phi) is 4.42. The van der Waals surface area contributed by atoms with Gasteiger partial charge in [0, 0.05) is 18.6 Å². The molecule has 7 heteroatoms. The highest BCUT2D eigenvalue weighted by Gasteiger charge is 2.45. The zero-order chi connectivity index (χ0) is 15.5. The number of nitro groups is 1. The summed E-state index contributed by atoms with van der Waals surface area (Å²) >= 11 is 0. The third kappa shape index (κ3) is 3.30. The van der Waals surface area contributed by atoms with Gasteiger partial charge in [-0.05, 0) is 31.5 Å². The summed E-state index contributed by atoms with van der Waals surface area (Å²) in [7, 11) is 0. The quantitative estimate of drug-likeness (QED) is 0.614. The molecule has 0 aliphatic heterocycles. The summed E-state index contributed by atoms with van der Waals surface area (Å²) in [5.41, 5.74) is -0.929. The van der Waals surface area contributed by atoms with Gasteiger partial charge in [0.05, 0.1) is 4.92 Å². The van der Waals surface area contributed by atoms with Crippen LogP contribution >= 0.6 is 0 Å². The molecule has 0 bridgehead atoms. The third-order valence-electron chi connectivity index (χ3n) is 3.74. The van der Waals surface area contributed by atoms with E-state index in [1.165, 1.54) is 24.3 Å². The van der Waals surface area contributed by atoms with E-state index in [9.17, 15) is 20.0 Å². The van der Waals surface area contributed by atoms with Gasteiger partial charge in [0.15, 0.2) is 0 Å². The SMILES string of the molecule is CCNC1(C(=O)O)CCC(Oc2ccc([N+](=O)[O-])cc2)C1. The number of ether oxygens (including phenoxy) is 1. The molecule has 0 heterocycles. The second-order valence-electron chi connectivity index (χ2n) is 5.15. The summed E-state index contributed by atoms with van der Waals surface area (Å²) in [5.74, 6) is -0.345. The number of carboxylic acids is 1. The molecule has 1 fully saturated rings. The van der Waals surface area contributed by atoms with Gasteiger partial charge in [-0.15, -0.1) is 0 Å². The molecule has 7 nitrogen and oxygen atoms in total. The van der Waals surface area contributed by atoms with Gasteiger partial charge >= 0.3 is 5.97 Å². The Morgan fingerprint density at radius 2 is 2.19 bits per heavy atom. The van der Waals surface area contributed by atoms with E-state index in [4.69, 9.17) is 4.74 Å². The van der Waals surface area contributed by atoms with E-state index < -0.39 is 16.4 Å². The van der Waals surface area contributed by atoms with E-state index in [2.05, 4.69) is 5.32 Å². The van der Waals surface area contributed by atoms with E-state index in [0.717, 1.165) is 0 Å². The van der Waals surface area contributed by atoms with Crippen molar-refractivity contribution in [2.45, 2.75) is 37.8 Å². The molecule has 0 amide bonds. The fourth-order valence-electron chi connectivity index (χ4n) is 2.71. The maximum absolute atomic E-state index is 11.4. The van der Waals surface area contributed by atoms with E-state index >= 15 is 0 Å². The van der Waals surface area contributed by atoms with Crippen molar-refractivity contribution in [2.24, 2.45) is 0 Å². The summed E-state index contributed by atoms with van der Waals surface area (Å²) in [6.07, 6.45) is 1.32. The Labute approximate surface area is 122 Å². The molecule has 1 aliphatic carbocycles. The first-order valence-corrected chi connectivity index (χ1v) is 6.86. The molecular weight excluding hydrogens is 276 g/mol. The number of nitro benzene ring substituents is 1. The molecular formula is C14H18N2O5. The van der Waals surface area contributed by atoms with Crippen LogP contribution in [0.2, 0.25) is 0 Å². The molecule has 1 saturated carbocycles. The fourth-order valence-corrected chi connectivity index (χ4v) is 2.71. The topological polar surface area (TPSA) is 102 Å². The first kappa shape index (κ1) is 15.2. The lowest BCUT2D eigenvalue weighted by atomic mass is 9.98. The van der Waals surface area contributed by atoms with Gasteiger partial charge in [-0.3, -0.25) is 14.9 Å². The summed E-state index contributed by atoms with van der Waals surface area (Å²) in [6, 6.07) is 5.82. The molecule has 2 rings (SSSR count). The average Bonchev–Trinajstić information content (AvgIpc) is 2.84. The van der Waals surface area contributed by atoms with Gasteiger partial charge < -0.3 is 15.2 Å². The maximum atomic E-state index is 11.4. The van der Waals surface area contributed by atoms with Crippen molar-refractivity contribution >= 4 is 11.7 Å². The van der Waals surface area contributed by atoms with Crippen LogP contribution < -0.4 is 10.1 Å². The predicted molar refractivity (Wildman–Crippen MR) is 75.4 cm³/mol. The Morgan fingerprint density at radius 1 is 1.52 bits per heavy atom. The summed E-state index contributed by atoms with van der Waals surface area (Å²) in [5, 5.41) is 23.0. The number of hydrogen-bond acceptors (Lipinski definition) is 5. The predicted octanol–water partition coefficient (Wildman–Crippen LogP) is 1.96. The summed E-state index contributed by atoms with van der Waals surface area (Å²) in [6.45, 7) is 2.45. The van der Waals surface area contributed by atoms with E-state index in [1.807, 2.05) is 6.92 Å². The largest absolute Gasteiger partial charge is 0.490 e. The van der Waals surface area contributed by atoms with Crippen molar-refractivity contribution in [3.8, 4) is 5.75 Å². The Hall–Kier alpha value is -2.15. The van der Waals surface area contributed by atoms with Crippen LogP contribution in [0, 0.1) is 10.1 Å². The van der Waals surface area contributed by atoms with Crippen LogP contribution in [0.4, 0.5) is 5.69 Å². The molecule has 0 radical (unpaired) electrons. The van der Waals surface area contributed by atoms with Crippen LogP contribution in [-0.2, 0) is 4.79 Å². The van der Waals surface area contributed by atoms with Crippen molar-refractivity contribution in [1.82, 2.24) is 5.32 Å². The van der Waals surface area contributed by atoms with Gasteiger partial charge in [-0.25, -0.2) is 0 Å². The van der Waals surface area contributed by atoms with Crippen molar-refractivity contribution in [1.29, 1.82) is 0 Å². The first-order valence-electron chi connectivity index (χ1n) is 6.86. The van der Waals surface area contributed by atoms with Gasteiger partial charge in [0.25, 0.3) is 5.69 Å². The lowest BCUT2D eigenvalue weighted by molar-refractivity contribution is -0.384. The minimum absolute atomic E-state index is 0.00121. The first-order chi connectivity index (χ1) is 9.97. The highest BCUT2D eigenvalue weighted by atomic mass is 16.6. The summed E-state index contributed by atoms with van der Waals surface area (Å²) < 4.78 is 5.74. The second-order valence-corrected chi connectivity index (χ2v) is 5.15. The Balaban J connectivity index is 2.01. The van der Waals surface area contributed by atoms with Crippen LogP contribution in [0.5, 0.6) is 5.75 Å². The number of non-ortho nitro benzene ring substituents is 1. The molecule has 114 valence electrons. The molecule has 0 aromatic heterocycles. The van der Waals surface area contributed by atoms with Crippen LogP contribution in [0.25, 0.3) is 0 Å². The number of carbonyl (C=O) groups is 1. The van der Waals surface area contributed by atoms with Gasteiger partial charge in [-0.1, -0.05) is 6.92 Å². The lowest BCUT2D eigenvalue weighted by Gasteiger charge is -2.25. The Bertz CT molecular complexity index is 531. The zero-order valence-electron chi connectivity index (χ0n) is 11.7. The fraction of sp³-hybridized carbons (Fsp3) is 0.500. The molecule has 2 N–H and O–H groups in total. The number of rotatable bonds is 6. The highest BCUT2D eigenvalue weighted by Crippen LogP contribution is 2.33. The monoisotopic (exact) mass is 294 g/mol. The standard InChI is InChI=1S/C14H18N2O5/c1-2-15-14(13(17)18)8-7-12(9-14)21-11-5-3-10(4-6-11)16(19)20/h3-6,12,15H,2,7-9H2,1H3,(H,17,18). The molecule has 2 atom stereocenters. The van der Waals surface area contributed by atoms with Gasteiger partial charge in [0.1, 0.15) is 17.4 Å². The van der Waals surface area contributed by atoms with Gasteiger partial charge in [0.2, 0.25) is 0 Å². The average molecular weight is 294 g/mol. The van der Waals surface area contributed by atoms with Crippen LogP contribution in [0.3, 0.4) is 0 Å². The molecule has 1 aromatic carbocycles. The third-order valence-corrected chi connectivity index (χ3v) is 3.74. The maximum Gasteiger partial charge on any atom is 0.324 e. The van der Waals surface area contributed by atoms with E-state index in [-0.39, 0.29) is 11.8 Å². The minimum atomic E-state index is -0.930. The molecule has 0 spiro atoms. The van der Waals surface area contributed by atoms with Gasteiger partial charge in [-0.2, -0.15) is 0 Å². The molecule has 0 saturated heterocycles. The number of likely N-dealkylation sites (N-methyl/N-ethyl adjacent to an activating group) is 1. The van der Waals surface area contributed by atoms with Crippen molar-refractivity contribution < 1.29 is 19.6 Å². The van der Waals surface area contributed by atoms with E-state index in [0.29, 0.717) is 31.6 Å². The van der Waals surface area contributed by atoms with Crippen molar-refractivity contribution in [3.05, 3.63) is 34.4 Å². The van der Waals surface area contributed by atoms with E-state index in [1.54, 1.807) is 0 Å². The van der Waals surface area contributed by atoms with Crippen LogP contribution in [0.1, 0.15) is 26.2 Å². The number of benzene rings is 1. The smallest absolute Gasteiger partial charge is 0.324 e. The van der Waals surface area contributed by atoms with Crippen LogP contribution in [0.15, 0.2) is 24.3 Å². The highest BCUT2D eigenvalue weighted by molar-refractivity contribution is 5.79. The number of carboxylic acid groups (broad SMARTS) is 1. The van der Waals surface area contributed by atoms with Crippen LogP contribution in [-0.4, -0.2) is 34.2 Å². The number of hydrogen-bond donors (Lipinski definition) is 2. The molecule has 1 aromatic rings. The molecule has 1 aliphatic rings. The van der Waals surface area contributed by atoms with Crippen molar-refractivity contribution in [3.63, 3.8) is 0 Å². The normalized spacial score (nSPS) is 24.7. The Morgan fingerprint density at radius 3 is 2.71 bits per heavy atom. The number of aliphatic carboxylic acids is 1. The second kappa shape index (κ2) is 6.09. The minimum Gasteiger partial charge on any atom is -0.490 e. The number of nitrogens with one attached hydrogen (secondary N) is 1. The zero-order valence-corrected chi connectivity index (χ0v) is 11.7. The molecule has 21 heavy (non-hydrogen) atoms. The number of nitrogens with zero attached hydrogens (tertiary/aromatic N) is 1. The van der Waals surface area contributed by atoms with Crippen molar-refractivity contribution in [2.75, 3.05) is 6.54 Å².